The Kier molecular flexibility index (Phi) is 3.82. The van der Waals surface area contributed by atoms with Crippen LogP contribution in [-0.4, -0.2) is 21.8 Å². The lowest BCUT2D eigenvalue weighted by atomic mass is 10.2. The molecule has 3 N–H and O–H groups in total. The van der Waals surface area contributed by atoms with Gasteiger partial charge in [-0.2, -0.15) is 5.10 Å². The first kappa shape index (κ1) is 12.4. The summed E-state index contributed by atoms with van der Waals surface area (Å²) >= 11 is 0. The molecule has 0 bridgehead atoms. The van der Waals surface area contributed by atoms with Crippen molar-refractivity contribution in [2.24, 2.45) is 0 Å². The number of hydrogen-bond donors (Lipinski definition) is 2. The van der Waals surface area contributed by atoms with Crippen molar-refractivity contribution in [1.82, 2.24) is 15.2 Å². The van der Waals surface area contributed by atoms with Gasteiger partial charge >= 0.3 is 0 Å². The number of hydrogen-bond acceptors (Lipinski definition) is 4. The first-order valence-corrected chi connectivity index (χ1v) is 6.04. The summed E-state index contributed by atoms with van der Waals surface area (Å²) in [5.74, 6) is 2.81. The minimum absolute atomic E-state index is 0.338. The van der Waals surface area contributed by atoms with E-state index < -0.39 is 0 Å². The van der Waals surface area contributed by atoms with Gasteiger partial charge in [-0.3, -0.25) is 5.10 Å². The Bertz CT molecular complexity index is 507. The molecular formula is C13H18N4O. The first-order valence-electron chi connectivity index (χ1n) is 6.04. The fourth-order valence-electron chi connectivity index (χ4n) is 1.55. The summed E-state index contributed by atoms with van der Waals surface area (Å²) in [6.45, 7) is 4.68. The number of anilines is 1. The van der Waals surface area contributed by atoms with E-state index in [-0.39, 0.29) is 0 Å². The molecule has 0 spiro atoms. The molecule has 1 aromatic heterocycles. The van der Waals surface area contributed by atoms with Crippen LogP contribution in [0.5, 0.6) is 5.75 Å². The maximum atomic E-state index is 5.67. The third kappa shape index (κ3) is 3.23. The second-order valence-electron chi connectivity index (χ2n) is 4.47. The van der Waals surface area contributed by atoms with Crippen molar-refractivity contribution in [2.75, 3.05) is 12.3 Å². The predicted molar refractivity (Wildman–Crippen MR) is 70.5 cm³/mol. The number of ether oxygens (including phenoxy) is 1. The normalized spacial score (nSPS) is 10.8. The molecule has 1 aromatic carbocycles. The van der Waals surface area contributed by atoms with Gasteiger partial charge < -0.3 is 10.5 Å². The van der Waals surface area contributed by atoms with E-state index >= 15 is 0 Å². The Hall–Kier alpha value is -2.04. The highest BCUT2D eigenvalue weighted by atomic mass is 16.5. The van der Waals surface area contributed by atoms with Crippen molar-refractivity contribution < 1.29 is 4.74 Å². The zero-order chi connectivity index (χ0) is 13.0. The van der Waals surface area contributed by atoms with E-state index in [1.807, 2.05) is 18.2 Å². The number of benzene rings is 1. The maximum Gasteiger partial charge on any atom is 0.153 e. The SMILES string of the molecule is CC(C)c1n[nH]c(CCOc2cccc(N)c2)n1. The minimum Gasteiger partial charge on any atom is -0.493 e. The van der Waals surface area contributed by atoms with Crippen molar-refractivity contribution in [3.8, 4) is 5.75 Å². The van der Waals surface area contributed by atoms with Crippen molar-refractivity contribution in [2.45, 2.75) is 26.2 Å². The highest BCUT2D eigenvalue weighted by molar-refractivity contribution is 5.43. The summed E-state index contributed by atoms with van der Waals surface area (Å²) in [7, 11) is 0. The lowest BCUT2D eigenvalue weighted by molar-refractivity contribution is 0.319. The van der Waals surface area contributed by atoms with Crippen LogP contribution in [-0.2, 0) is 6.42 Å². The maximum absolute atomic E-state index is 5.67. The van der Waals surface area contributed by atoms with Gasteiger partial charge in [-0.15, -0.1) is 0 Å². The molecule has 0 aliphatic carbocycles. The van der Waals surface area contributed by atoms with E-state index in [1.165, 1.54) is 0 Å². The van der Waals surface area contributed by atoms with E-state index in [0.717, 1.165) is 17.4 Å². The molecule has 0 amide bonds. The first-order chi connectivity index (χ1) is 8.65. The van der Waals surface area contributed by atoms with Crippen molar-refractivity contribution in [3.63, 3.8) is 0 Å². The minimum atomic E-state index is 0.338. The number of aromatic nitrogens is 3. The van der Waals surface area contributed by atoms with Crippen molar-refractivity contribution in [1.29, 1.82) is 0 Å². The lowest BCUT2D eigenvalue weighted by Gasteiger charge is -2.05. The molecule has 18 heavy (non-hydrogen) atoms. The monoisotopic (exact) mass is 246 g/mol. The molecule has 0 atom stereocenters. The molecule has 0 saturated heterocycles. The highest BCUT2D eigenvalue weighted by Gasteiger charge is 2.06. The molecule has 0 saturated carbocycles. The van der Waals surface area contributed by atoms with Crippen LogP contribution in [0.1, 0.15) is 31.4 Å². The third-order valence-corrected chi connectivity index (χ3v) is 2.53. The van der Waals surface area contributed by atoms with Crippen LogP contribution >= 0.6 is 0 Å². The molecule has 0 unspecified atom stereocenters. The largest absolute Gasteiger partial charge is 0.493 e. The number of H-pyrrole nitrogens is 1. The second-order valence-corrected chi connectivity index (χ2v) is 4.47. The smallest absolute Gasteiger partial charge is 0.153 e. The van der Waals surface area contributed by atoms with E-state index in [0.29, 0.717) is 24.6 Å². The van der Waals surface area contributed by atoms with E-state index in [1.54, 1.807) is 6.07 Å². The highest BCUT2D eigenvalue weighted by Crippen LogP contribution is 2.14. The van der Waals surface area contributed by atoms with E-state index in [4.69, 9.17) is 10.5 Å². The van der Waals surface area contributed by atoms with Gasteiger partial charge in [-0.1, -0.05) is 19.9 Å². The quantitative estimate of drug-likeness (QED) is 0.792. The van der Waals surface area contributed by atoms with Gasteiger partial charge in [-0.25, -0.2) is 4.98 Å². The molecule has 0 radical (unpaired) electrons. The Morgan fingerprint density at radius 2 is 2.22 bits per heavy atom. The number of nitrogens with zero attached hydrogens (tertiary/aromatic N) is 2. The van der Waals surface area contributed by atoms with Crippen molar-refractivity contribution >= 4 is 5.69 Å². The average molecular weight is 246 g/mol. The van der Waals surface area contributed by atoms with Crippen LogP contribution in [0.2, 0.25) is 0 Å². The number of aromatic amines is 1. The van der Waals surface area contributed by atoms with Crippen LogP contribution in [0.4, 0.5) is 5.69 Å². The van der Waals surface area contributed by atoms with E-state index in [2.05, 4.69) is 29.0 Å². The van der Waals surface area contributed by atoms with Gasteiger partial charge in [0.15, 0.2) is 5.82 Å². The van der Waals surface area contributed by atoms with Gasteiger partial charge in [0.25, 0.3) is 0 Å². The van der Waals surface area contributed by atoms with Crippen LogP contribution < -0.4 is 10.5 Å². The fraction of sp³-hybridized carbons (Fsp3) is 0.385. The van der Waals surface area contributed by atoms with Crippen LogP contribution in [0.25, 0.3) is 0 Å². The predicted octanol–water partition coefficient (Wildman–Crippen LogP) is 2.13. The summed E-state index contributed by atoms with van der Waals surface area (Å²) in [6.07, 6.45) is 0.703. The molecule has 5 nitrogen and oxygen atoms in total. The topological polar surface area (TPSA) is 76.8 Å². The fourth-order valence-corrected chi connectivity index (χ4v) is 1.55. The number of nitrogens with two attached hydrogens (primary N) is 1. The molecule has 0 fully saturated rings. The van der Waals surface area contributed by atoms with E-state index in [9.17, 15) is 0 Å². The molecule has 96 valence electrons. The Morgan fingerprint density at radius 1 is 1.39 bits per heavy atom. The molecule has 0 aliphatic heterocycles. The van der Waals surface area contributed by atoms with Crippen molar-refractivity contribution in [3.05, 3.63) is 35.9 Å². The van der Waals surface area contributed by atoms with Gasteiger partial charge in [0.05, 0.1) is 6.61 Å². The van der Waals surface area contributed by atoms with Gasteiger partial charge in [0, 0.05) is 24.1 Å². The summed E-state index contributed by atoms with van der Waals surface area (Å²) < 4.78 is 5.59. The standard InChI is InChI=1S/C13H18N4O/c1-9(2)13-15-12(16-17-13)6-7-18-11-5-3-4-10(14)8-11/h3-5,8-9H,6-7,14H2,1-2H3,(H,15,16,17). The molecule has 1 heterocycles. The van der Waals surface area contributed by atoms with Gasteiger partial charge in [-0.05, 0) is 12.1 Å². The summed E-state index contributed by atoms with van der Waals surface area (Å²) in [5, 5.41) is 7.06. The number of nitrogens with one attached hydrogen (secondary N) is 1. The number of nitrogen functional groups attached to an aromatic ring is 1. The van der Waals surface area contributed by atoms with Crippen LogP contribution in [0, 0.1) is 0 Å². The average Bonchev–Trinajstić information content (AvgIpc) is 2.78. The van der Waals surface area contributed by atoms with Gasteiger partial charge in [0.2, 0.25) is 0 Å². The molecule has 2 aromatic rings. The Labute approximate surface area is 106 Å². The third-order valence-electron chi connectivity index (χ3n) is 2.53. The zero-order valence-electron chi connectivity index (χ0n) is 10.7. The summed E-state index contributed by atoms with van der Waals surface area (Å²) in [5.41, 5.74) is 6.37. The molecule has 2 rings (SSSR count). The summed E-state index contributed by atoms with van der Waals surface area (Å²) in [4.78, 5) is 4.39. The second kappa shape index (κ2) is 5.53. The molecular weight excluding hydrogens is 228 g/mol. The van der Waals surface area contributed by atoms with Gasteiger partial charge in [0.1, 0.15) is 11.6 Å². The Balaban J connectivity index is 1.84. The lowest BCUT2D eigenvalue weighted by Crippen LogP contribution is -2.03. The number of rotatable bonds is 5. The molecule has 0 aliphatic rings. The van der Waals surface area contributed by atoms with Crippen LogP contribution in [0.15, 0.2) is 24.3 Å². The zero-order valence-corrected chi connectivity index (χ0v) is 10.7. The molecule has 5 heteroatoms. The summed E-state index contributed by atoms with van der Waals surface area (Å²) in [6, 6.07) is 7.39. The van der Waals surface area contributed by atoms with Crippen LogP contribution in [0.3, 0.4) is 0 Å². The Morgan fingerprint density at radius 3 is 2.89 bits per heavy atom.